The van der Waals surface area contributed by atoms with Gasteiger partial charge in [0.2, 0.25) is 0 Å². The molecule has 3 fully saturated rings. The molecule has 0 aliphatic carbocycles. The summed E-state index contributed by atoms with van der Waals surface area (Å²) in [6.07, 6.45) is 2.73. The summed E-state index contributed by atoms with van der Waals surface area (Å²) in [5, 5.41) is 0. The molecule has 3 heterocycles. The van der Waals surface area contributed by atoms with Crippen LogP contribution in [0.3, 0.4) is 0 Å². The van der Waals surface area contributed by atoms with E-state index >= 15 is 0 Å². The van der Waals surface area contributed by atoms with Crippen LogP contribution in [-0.4, -0.2) is 48.6 Å². The van der Waals surface area contributed by atoms with Crippen molar-refractivity contribution in [1.82, 2.24) is 9.80 Å². The summed E-state index contributed by atoms with van der Waals surface area (Å²) in [7, 11) is 0. The van der Waals surface area contributed by atoms with E-state index in [4.69, 9.17) is 4.74 Å². The summed E-state index contributed by atoms with van der Waals surface area (Å²) in [5.41, 5.74) is 2.70. The standard InChI is InChI=1S/C23H30N2O/c1-3-7-20(8-4-1)16-25-17-22-11-12-23(25)18-24(15-22)13-14-26-19-21-9-5-2-6-10-21/h1-10,22-23H,11-19H2/t22-,23+/m0/s1. The van der Waals surface area contributed by atoms with Crippen LogP contribution in [0, 0.1) is 5.92 Å². The molecule has 2 bridgehead atoms. The summed E-state index contributed by atoms with van der Waals surface area (Å²) in [4.78, 5) is 5.35. The van der Waals surface area contributed by atoms with Gasteiger partial charge in [-0.15, -0.1) is 0 Å². The van der Waals surface area contributed by atoms with E-state index in [1.807, 2.05) is 0 Å². The van der Waals surface area contributed by atoms with Gasteiger partial charge < -0.3 is 4.74 Å². The second-order valence-electron chi connectivity index (χ2n) is 7.81. The summed E-state index contributed by atoms with van der Waals surface area (Å²) in [5.74, 6) is 0.812. The highest BCUT2D eigenvalue weighted by atomic mass is 16.5. The second kappa shape index (κ2) is 8.81. The fourth-order valence-electron chi connectivity index (χ4n) is 4.43. The predicted octanol–water partition coefficient (Wildman–Crippen LogP) is 3.80. The minimum Gasteiger partial charge on any atom is -0.375 e. The molecular weight excluding hydrogens is 320 g/mol. The molecule has 138 valence electrons. The molecule has 2 aromatic rings. The van der Waals surface area contributed by atoms with Crippen molar-refractivity contribution in [2.24, 2.45) is 5.92 Å². The maximum absolute atomic E-state index is 5.92. The monoisotopic (exact) mass is 350 g/mol. The van der Waals surface area contributed by atoms with Gasteiger partial charge >= 0.3 is 0 Å². The molecule has 26 heavy (non-hydrogen) atoms. The predicted molar refractivity (Wildman–Crippen MR) is 106 cm³/mol. The first-order chi connectivity index (χ1) is 12.9. The molecule has 0 radical (unpaired) electrons. The van der Waals surface area contributed by atoms with Crippen molar-refractivity contribution in [3.8, 4) is 0 Å². The first-order valence-electron chi connectivity index (χ1n) is 9.99. The molecule has 3 saturated heterocycles. The smallest absolute Gasteiger partial charge is 0.0717 e. The van der Waals surface area contributed by atoms with Gasteiger partial charge in [0.15, 0.2) is 0 Å². The van der Waals surface area contributed by atoms with E-state index in [0.717, 1.165) is 32.2 Å². The molecule has 0 N–H and O–H groups in total. The Balaban J connectivity index is 1.26. The van der Waals surface area contributed by atoms with Crippen molar-refractivity contribution in [3.63, 3.8) is 0 Å². The Bertz CT molecular complexity index is 660. The van der Waals surface area contributed by atoms with Crippen LogP contribution in [-0.2, 0) is 17.9 Å². The van der Waals surface area contributed by atoms with E-state index in [0.29, 0.717) is 6.04 Å². The van der Waals surface area contributed by atoms with E-state index in [2.05, 4.69) is 70.5 Å². The largest absolute Gasteiger partial charge is 0.375 e. The van der Waals surface area contributed by atoms with Crippen LogP contribution in [0.4, 0.5) is 0 Å². The van der Waals surface area contributed by atoms with Crippen molar-refractivity contribution in [2.45, 2.75) is 32.0 Å². The third-order valence-corrected chi connectivity index (χ3v) is 5.79. The lowest BCUT2D eigenvalue weighted by atomic mass is 9.94. The number of hydrogen-bond donors (Lipinski definition) is 0. The average Bonchev–Trinajstić information content (AvgIpc) is 2.98. The van der Waals surface area contributed by atoms with Gasteiger partial charge in [0.1, 0.15) is 0 Å². The van der Waals surface area contributed by atoms with Crippen molar-refractivity contribution >= 4 is 0 Å². The summed E-state index contributed by atoms with van der Waals surface area (Å²) in [6.45, 7) is 7.38. The van der Waals surface area contributed by atoms with Gasteiger partial charge in [0.05, 0.1) is 13.2 Å². The number of benzene rings is 2. The molecule has 5 rings (SSSR count). The van der Waals surface area contributed by atoms with Gasteiger partial charge in [-0.2, -0.15) is 0 Å². The van der Waals surface area contributed by atoms with Crippen molar-refractivity contribution in [1.29, 1.82) is 0 Å². The highest BCUT2D eigenvalue weighted by molar-refractivity contribution is 5.15. The third kappa shape index (κ3) is 4.73. The number of fused-ring (bicyclic) bond motifs is 4. The second-order valence-corrected chi connectivity index (χ2v) is 7.81. The number of hydrogen-bond acceptors (Lipinski definition) is 3. The number of piperidine rings is 1. The third-order valence-electron chi connectivity index (χ3n) is 5.79. The molecule has 0 amide bonds. The maximum Gasteiger partial charge on any atom is 0.0717 e. The molecule has 0 spiro atoms. The Morgan fingerprint density at radius 1 is 0.808 bits per heavy atom. The molecule has 3 nitrogen and oxygen atoms in total. The average molecular weight is 351 g/mol. The fourth-order valence-corrected chi connectivity index (χ4v) is 4.43. The number of rotatable bonds is 7. The van der Waals surface area contributed by atoms with E-state index < -0.39 is 0 Å². The van der Waals surface area contributed by atoms with Crippen LogP contribution in [0.2, 0.25) is 0 Å². The van der Waals surface area contributed by atoms with Crippen molar-refractivity contribution < 1.29 is 4.74 Å². The Labute approximate surface area is 157 Å². The maximum atomic E-state index is 5.92. The lowest BCUT2D eigenvalue weighted by Gasteiger charge is -2.36. The molecule has 2 aromatic carbocycles. The number of nitrogens with zero attached hydrogens (tertiary/aromatic N) is 2. The summed E-state index contributed by atoms with van der Waals surface area (Å²) in [6, 6.07) is 22.1. The topological polar surface area (TPSA) is 15.7 Å². The van der Waals surface area contributed by atoms with Crippen LogP contribution >= 0.6 is 0 Å². The van der Waals surface area contributed by atoms with E-state index in [-0.39, 0.29) is 0 Å². The Morgan fingerprint density at radius 3 is 2.31 bits per heavy atom. The van der Waals surface area contributed by atoms with E-state index in [9.17, 15) is 0 Å². The molecule has 0 aromatic heterocycles. The van der Waals surface area contributed by atoms with E-state index in [1.54, 1.807) is 0 Å². The van der Waals surface area contributed by atoms with Crippen LogP contribution < -0.4 is 0 Å². The molecule has 0 saturated carbocycles. The molecule has 3 aliphatic heterocycles. The normalized spacial score (nSPS) is 23.8. The van der Waals surface area contributed by atoms with Crippen LogP contribution in [0.15, 0.2) is 60.7 Å². The molecule has 0 unspecified atom stereocenters. The highest BCUT2D eigenvalue weighted by Crippen LogP contribution is 2.29. The Hall–Kier alpha value is -1.68. The summed E-state index contributed by atoms with van der Waals surface area (Å²) >= 11 is 0. The fraction of sp³-hybridized carbons (Fsp3) is 0.478. The lowest BCUT2D eigenvalue weighted by Crippen LogP contribution is -2.43. The summed E-state index contributed by atoms with van der Waals surface area (Å²) < 4.78 is 5.92. The van der Waals surface area contributed by atoms with Gasteiger partial charge in [-0.25, -0.2) is 0 Å². The molecular formula is C23H30N2O. The minimum atomic E-state index is 0.697. The zero-order valence-electron chi connectivity index (χ0n) is 15.6. The quantitative estimate of drug-likeness (QED) is 0.707. The molecule has 3 aliphatic rings. The van der Waals surface area contributed by atoms with Crippen LogP contribution in [0.5, 0.6) is 0 Å². The minimum absolute atomic E-state index is 0.697. The van der Waals surface area contributed by atoms with Gasteiger partial charge in [-0.3, -0.25) is 9.80 Å². The van der Waals surface area contributed by atoms with E-state index in [1.165, 1.54) is 43.6 Å². The number of ether oxygens (including phenoxy) is 1. The van der Waals surface area contributed by atoms with Gasteiger partial charge in [0, 0.05) is 38.8 Å². The van der Waals surface area contributed by atoms with Crippen molar-refractivity contribution in [2.75, 3.05) is 32.8 Å². The molecule has 2 atom stereocenters. The zero-order chi connectivity index (χ0) is 17.6. The SMILES string of the molecule is c1ccc(COCCN2C[C@@H]3CC[C@H](C2)N(Cc2ccccc2)C3)cc1. The zero-order valence-corrected chi connectivity index (χ0v) is 15.6. The van der Waals surface area contributed by atoms with Crippen LogP contribution in [0.1, 0.15) is 24.0 Å². The first-order valence-corrected chi connectivity index (χ1v) is 9.99. The van der Waals surface area contributed by atoms with Crippen molar-refractivity contribution in [3.05, 3.63) is 71.8 Å². The van der Waals surface area contributed by atoms with Gasteiger partial charge in [0.25, 0.3) is 0 Å². The van der Waals surface area contributed by atoms with Gasteiger partial charge in [-0.1, -0.05) is 60.7 Å². The lowest BCUT2D eigenvalue weighted by molar-refractivity contribution is 0.0880. The highest BCUT2D eigenvalue weighted by Gasteiger charge is 2.34. The first kappa shape index (κ1) is 17.7. The van der Waals surface area contributed by atoms with Gasteiger partial charge in [-0.05, 0) is 29.9 Å². The van der Waals surface area contributed by atoms with Crippen LogP contribution in [0.25, 0.3) is 0 Å². The Kier molecular flexibility index (Phi) is 6.00. The Morgan fingerprint density at radius 2 is 1.54 bits per heavy atom. The molecule has 3 heteroatoms.